The van der Waals surface area contributed by atoms with Crippen molar-refractivity contribution in [2.24, 2.45) is 9.28 Å². The number of allylic oxidation sites excluding steroid dienone is 1. The number of rotatable bonds is 2. The molecule has 0 amide bonds. The molecule has 0 bridgehead atoms. The van der Waals surface area contributed by atoms with E-state index in [2.05, 4.69) is 61.7 Å². The first-order chi connectivity index (χ1) is 7.64. The maximum Gasteiger partial charge on any atom is 0.308 e. The van der Waals surface area contributed by atoms with E-state index in [1.165, 1.54) is 0 Å². The zero-order chi connectivity index (χ0) is 13.3. The van der Waals surface area contributed by atoms with Gasteiger partial charge in [0.25, 0.3) is 0 Å². The molecule has 0 radical (unpaired) electrons. The van der Waals surface area contributed by atoms with Crippen LogP contribution in [-0.4, -0.2) is 32.4 Å². The fourth-order valence-corrected chi connectivity index (χ4v) is 16.9. The smallest absolute Gasteiger partial charge is 0.252 e. The van der Waals surface area contributed by atoms with Gasteiger partial charge in [-0.1, -0.05) is 16.2 Å². The Bertz CT molecular complexity index is 405. The molecule has 98 valence electrons. The van der Waals surface area contributed by atoms with E-state index in [4.69, 9.17) is 4.76 Å². The minimum Gasteiger partial charge on any atom is -0.252 e. The average Bonchev–Trinajstić information content (AvgIpc) is 2.13. The van der Waals surface area contributed by atoms with E-state index in [9.17, 15) is 0 Å². The van der Waals surface area contributed by atoms with Crippen molar-refractivity contribution in [1.82, 2.24) is 14.6 Å². The summed E-state index contributed by atoms with van der Waals surface area (Å²) < 4.78 is 9.19. The van der Waals surface area contributed by atoms with E-state index in [0.717, 1.165) is 5.71 Å². The highest BCUT2D eigenvalue weighted by atomic mass is 31.3. The second kappa shape index (κ2) is 5.43. The molecular formula is C8H23N5P4+2. The van der Waals surface area contributed by atoms with Crippen LogP contribution in [0.1, 0.15) is 6.92 Å². The van der Waals surface area contributed by atoms with Crippen molar-refractivity contribution in [1.29, 1.82) is 0 Å². The summed E-state index contributed by atoms with van der Waals surface area (Å²) in [4.78, 5) is 10.8. The Kier molecular flexibility index (Phi) is 5.07. The van der Waals surface area contributed by atoms with Crippen LogP contribution in [0.2, 0.25) is 0 Å². The molecule has 0 aromatic heterocycles. The van der Waals surface area contributed by atoms with Crippen molar-refractivity contribution in [3.63, 3.8) is 0 Å². The summed E-state index contributed by atoms with van der Waals surface area (Å²) in [5, 5.41) is 0. The third kappa shape index (κ3) is 4.44. The SMILES string of the molecule is C=CC(C)=N[P+]1(C)NP(C)(=NP)N[P+](C)(C)N1. The van der Waals surface area contributed by atoms with Gasteiger partial charge < -0.3 is 0 Å². The Balaban J connectivity index is 3.14. The third-order valence-electron chi connectivity index (χ3n) is 2.16. The molecule has 1 heterocycles. The molecule has 17 heavy (non-hydrogen) atoms. The van der Waals surface area contributed by atoms with Gasteiger partial charge in [0, 0.05) is 6.66 Å². The predicted molar refractivity (Wildman–Crippen MR) is 89.3 cm³/mol. The van der Waals surface area contributed by atoms with Gasteiger partial charge >= 0.3 is 7.71 Å². The van der Waals surface area contributed by atoms with Gasteiger partial charge in [0.1, 0.15) is 6.66 Å². The Labute approximate surface area is 108 Å². The van der Waals surface area contributed by atoms with Crippen molar-refractivity contribution in [3.8, 4) is 0 Å². The first-order valence-corrected chi connectivity index (χ1v) is 12.8. The van der Waals surface area contributed by atoms with Crippen LogP contribution < -0.4 is 14.6 Å². The molecule has 1 aliphatic heterocycles. The van der Waals surface area contributed by atoms with Crippen LogP contribution >= 0.6 is 32.0 Å². The summed E-state index contributed by atoms with van der Waals surface area (Å²) in [6.45, 7) is 14.5. The van der Waals surface area contributed by atoms with Gasteiger partial charge in [0.15, 0.2) is 14.9 Å². The lowest BCUT2D eigenvalue weighted by Crippen LogP contribution is -2.38. The Hall–Kier alpha value is 0.810. The summed E-state index contributed by atoms with van der Waals surface area (Å²) >= 11 is 0. The lowest BCUT2D eigenvalue weighted by Gasteiger charge is -2.36. The normalized spacial score (nSPS) is 37.6. The predicted octanol–water partition coefficient (Wildman–Crippen LogP) is 3.37. The second-order valence-electron chi connectivity index (χ2n) is 4.73. The molecule has 0 saturated carbocycles. The van der Waals surface area contributed by atoms with Gasteiger partial charge in [-0.3, -0.25) is 4.52 Å². The zero-order valence-corrected chi connectivity index (χ0v) is 14.9. The van der Waals surface area contributed by atoms with Crippen molar-refractivity contribution in [2.75, 3.05) is 26.7 Å². The Morgan fingerprint density at radius 1 is 1.35 bits per heavy atom. The molecule has 0 spiro atoms. The van der Waals surface area contributed by atoms with E-state index in [-0.39, 0.29) is 0 Å². The first kappa shape index (κ1) is 15.9. The largest absolute Gasteiger partial charge is 0.308 e. The van der Waals surface area contributed by atoms with Crippen LogP contribution in [0.4, 0.5) is 0 Å². The van der Waals surface area contributed by atoms with Crippen LogP contribution in [0.15, 0.2) is 21.9 Å². The summed E-state index contributed by atoms with van der Waals surface area (Å²) in [7, 11) is -2.32. The highest BCUT2D eigenvalue weighted by molar-refractivity contribution is 7.97. The highest BCUT2D eigenvalue weighted by Crippen LogP contribution is 2.73. The van der Waals surface area contributed by atoms with Crippen molar-refractivity contribution >= 4 is 37.7 Å². The lowest BCUT2D eigenvalue weighted by molar-refractivity contribution is 1.24. The maximum absolute atomic E-state index is 4.76. The number of nitrogens with zero attached hydrogens (tertiary/aromatic N) is 2. The molecule has 0 aromatic carbocycles. The molecule has 1 rings (SSSR count). The summed E-state index contributed by atoms with van der Waals surface area (Å²) in [5.74, 6) is 0. The van der Waals surface area contributed by atoms with E-state index in [1.54, 1.807) is 6.08 Å². The van der Waals surface area contributed by atoms with Crippen molar-refractivity contribution < 1.29 is 0 Å². The molecule has 3 unspecified atom stereocenters. The van der Waals surface area contributed by atoms with Crippen LogP contribution in [-0.2, 0) is 0 Å². The quantitative estimate of drug-likeness (QED) is 0.541. The average molecular weight is 313 g/mol. The molecule has 1 aliphatic rings. The second-order valence-corrected chi connectivity index (χ2v) is 15.0. The van der Waals surface area contributed by atoms with Crippen LogP contribution in [0.5, 0.6) is 0 Å². The standard InChI is InChI=1S/C8H23N5P4/c1-7-8(2)9-16(5)11-15(3,4)12-17(6,10-14)13-16/h7,11-13H,1,14H2,2-6H3/q+2. The number of hydrogen-bond donors (Lipinski definition) is 3. The molecular weight excluding hydrogens is 290 g/mol. The minimum absolute atomic E-state index is 0.957. The van der Waals surface area contributed by atoms with Gasteiger partial charge in [-0.15, -0.1) is 4.86 Å². The molecule has 1 fully saturated rings. The van der Waals surface area contributed by atoms with E-state index in [1.807, 2.05) is 6.92 Å². The van der Waals surface area contributed by atoms with Gasteiger partial charge in [0.2, 0.25) is 0 Å². The monoisotopic (exact) mass is 313 g/mol. The Morgan fingerprint density at radius 2 is 1.94 bits per heavy atom. The Morgan fingerprint density at radius 3 is 2.41 bits per heavy atom. The first-order valence-electron chi connectivity index (χ1n) is 5.21. The van der Waals surface area contributed by atoms with Crippen LogP contribution in [0.25, 0.3) is 0 Å². The third-order valence-corrected chi connectivity index (χ3v) is 15.0. The molecule has 9 heteroatoms. The molecule has 0 aliphatic carbocycles. The molecule has 3 N–H and O–H groups in total. The van der Waals surface area contributed by atoms with Gasteiger partial charge in [0.05, 0.1) is 19.0 Å². The lowest BCUT2D eigenvalue weighted by atomic mass is 10.4. The molecule has 5 nitrogen and oxygen atoms in total. The maximum atomic E-state index is 4.76. The van der Waals surface area contributed by atoms with E-state index >= 15 is 0 Å². The number of nitrogens with one attached hydrogen (secondary N) is 3. The summed E-state index contributed by atoms with van der Waals surface area (Å²) in [6, 6.07) is 0. The van der Waals surface area contributed by atoms with Crippen LogP contribution in [0, 0.1) is 0 Å². The number of hydrogen-bond acceptors (Lipinski definition) is 3. The van der Waals surface area contributed by atoms with Gasteiger partial charge in [-0.05, 0) is 27.2 Å². The fraction of sp³-hybridized carbons (Fsp3) is 0.625. The molecule has 3 atom stereocenters. The van der Waals surface area contributed by atoms with Crippen LogP contribution in [0.3, 0.4) is 0 Å². The van der Waals surface area contributed by atoms with E-state index < -0.39 is 22.6 Å². The molecule has 1 saturated heterocycles. The van der Waals surface area contributed by atoms with Crippen molar-refractivity contribution in [3.05, 3.63) is 12.7 Å². The fourth-order valence-electron chi connectivity index (χ4n) is 1.87. The highest BCUT2D eigenvalue weighted by Gasteiger charge is 2.54. The molecule has 0 aromatic rings. The minimum atomic E-state index is -1.75. The van der Waals surface area contributed by atoms with Crippen molar-refractivity contribution in [2.45, 2.75) is 6.92 Å². The summed E-state index contributed by atoms with van der Waals surface area (Å²) in [6.07, 6.45) is 1.79. The topological polar surface area (TPSA) is 60.8 Å². The van der Waals surface area contributed by atoms with Gasteiger partial charge in [-0.25, -0.2) is 0 Å². The van der Waals surface area contributed by atoms with E-state index in [0.29, 0.717) is 0 Å². The summed E-state index contributed by atoms with van der Waals surface area (Å²) in [5.41, 5.74) is 0.957. The van der Waals surface area contributed by atoms with Gasteiger partial charge in [-0.2, -0.15) is 0 Å². The zero-order valence-electron chi connectivity index (χ0n) is 11.1.